The van der Waals surface area contributed by atoms with E-state index in [1.165, 1.54) is 17.7 Å². The molecule has 0 fully saturated rings. The van der Waals surface area contributed by atoms with E-state index in [0.717, 1.165) is 54.9 Å². The quantitative estimate of drug-likeness (QED) is 0.584. The number of thioether (sulfide) groups is 1. The van der Waals surface area contributed by atoms with Crippen LogP contribution in [0.2, 0.25) is 0 Å². The third-order valence-electron chi connectivity index (χ3n) is 5.60. The van der Waals surface area contributed by atoms with Gasteiger partial charge in [0.05, 0.1) is 11.8 Å². The fourth-order valence-corrected chi connectivity index (χ4v) is 5.23. The van der Waals surface area contributed by atoms with E-state index in [-0.39, 0.29) is 17.7 Å². The van der Waals surface area contributed by atoms with Gasteiger partial charge in [0, 0.05) is 36.2 Å². The Morgan fingerprint density at radius 2 is 2.23 bits per heavy atom. The van der Waals surface area contributed by atoms with Crippen molar-refractivity contribution in [1.29, 1.82) is 0 Å². The van der Waals surface area contributed by atoms with E-state index in [0.29, 0.717) is 0 Å². The summed E-state index contributed by atoms with van der Waals surface area (Å²) < 4.78 is 0. The minimum atomic E-state index is -0.788. The number of aryl methyl sites for hydroxylation is 3. The number of carboxylic acids is 1. The van der Waals surface area contributed by atoms with E-state index < -0.39 is 5.97 Å². The van der Waals surface area contributed by atoms with Crippen molar-refractivity contribution in [2.75, 3.05) is 11.9 Å². The van der Waals surface area contributed by atoms with Gasteiger partial charge in [0.25, 0.3) is 0 Å². The Morgan fingerprint density at radius 3 is 3.07 bits per heavy atom. The highest BCUT2D eigenvalue weighted by Crippen LogP contribution is 2.36. The van der Waals surface area contributed by atoms with Crippen molar-refractivity contribution in [3.8, 4) is 0 Å². The first-order chi connectivity index (χ1) is 14.6. The third-order valence-corrected chi connectivity index (χ3v) is 6.76. The van der Waals surface area contributed by atoms with Gasteiger partial charge in [-0.05, 0) is 67.2 Å². The number of carbonyl (C=O) groups is 1. The van der Waals surface area contributed by atoms with Crippen molar-refractivity contribution in [1.82, 2.24) is 15.3 Å². The Morgan fingerprint density at radius 1 is 1.33 bits per heavy atom. The molecular formula is C23H28N4O2S. The molecule has 2 aliphatic rings. The van der Waals surface area contributed by atoms with Gasteiger partial charge in [-0.3, -0.25) is 9.78 Å². The molecule has 6 nitrogen and oxygen atoms in total. The van der Waals surface area contributed by atoms with Crippen LogP contribution in [0, 0.1) is 6.92 Å². The normalized spacial score (nSPS) is 18.7. The van der Waals surface area contributed by atoms with Crippen LogP contribution in [0.1, 0.15) is 54.0 Å². The summed E-state index contributed by atoms with van der Waals surface area (Å²) in [4.78, 5) is 20.5. The van der Waals surface area contributed by atoms with Crippen molar-refractivity contribution >= 4 is 23.5 Å². The predicted molar refractivity (Wildman–Crippen MR) is 121 cm³/mol. The summed E-state index contributed by atoms with van der Waals surface area (Å²) in [6, 6.07) is 6.39. The van der Waals surface area contributed by atoms with Crippen LogP contribution in [0.25, 0.3) is 0 Å². The van der Waals surface area contributed by atoms with Crippen molar-refractivity contribution < 1.29 is 9.90 Å². The van der Waals surface area contributed by atoms with Gasteiger partial charge in [0.2, 0.25) is 0 Å². The third kappa shape index (κ3) is 5.14. The van der Waals surface area contributed by atoms with Gasteiger partial charge in [0.15, 0.2) is 0 Å². The highest BCUT2D eigenvalue weighted by atomic mass is 32.2. The SMILES string of the molecule is Cc1cncc(C(CC(=O)O)C2NC(CCCc3ccc4c(n3)NCCC4)=CS2)c1. The summed E-state index contributed by atoms with van der Waals surface area (Å²) in [5, 5.41) is 18.5. The minimum absolute atomic E-state index is 0.0192. The molecule has 0 spiro atoms. The number of allylic oxidation sites excluding steroid dienone is 1. The lowest BCUT2D eigenvalue weighted by molar-refractivity contribution is -0.137. The van der Waals surface area contributed by atoms with Gasteiger partial charge in [-0.2, -0.15) is 0 Å². The molecule has 3 N–H and O–H groups in total. The fraction of sp³-hybridized carbons (Fsp3) is 0.435. The molecule has 7 heteroatoms. The van der Waals surface area contributed by atoms with E-state index in [1.807, 2.05) is 13.0 Å². The molecule has 2 atom stereocenters. The number of aromatic nitrogens is 2. The van der Waals surface area contributed by atoms with Gasteiger partial charge in [-0.1, -0.05) is 12.1 Å². The fourth-order valence-electron chi connectivity index (χ4n) is 4.07. The monoisotopic (exact) mass is 424 g/mol. The van der Waals surface area contributed by atoms with Crippen LogP contribution in [0.4, 0.5) is 5.82 Å². The summed E-state index contributed by atoms with van der Waals surface area (Å²) in [5.74, 6) is 0.141. The van der Waals surface area contributed by atoms with Crippen molar-refractivity contribution in [3.05, 3.63) is 64.1 Å². The smallest absolute Gasteiger partial charge is 0.304 e. The molecule has 0 saturated heterocycles. The number of anilines is 1. The zero-order valence-corrected chi connectivity index (χ0v) is 18.0. The van der Waals surface area contributed by atoms with E-state index >= 15 is 0 Å². The van der Waals surface area contributed by atoms with Crippen LogP contribution >= 0.6 is 11.8 Å². The minimum Gasteiger partial charge on any atom is -0.481 e. The van der Waals surface area contributed by atoms with Gasteiger partial charge in [-0.25, -0.2) is 4.98 Å². The van der Waals surface area contributed by atoms with Crippen LogP contribution in [0.15, 0.2) is 41.7 Å². The molecule has 2 unspecified atom stereocenters. The Labute approximate surface area is 181 Å². The Bertz CT molecular complexity index is 947. The number of hydrogen-bond donors (Lipinski definition) is 3. The summed E-state index contributed by atoms with van der Waals surface area (Å²) >= 11 is 1.68. The molecule has 0 radical (unpaired) electrons. The maximum Gasteiger partial charge on any atom is 0.304 e. The van der Waals surface area contributed by atoms with Crippen LogP contribution in [-0.4, -0.2) is 33.0 Å². The second kappa shape index (κ2) is 9.51. The number of hydrogen-bond acceptors (Lipinski definition) is 6. The Balaban J connectivity index is 1.32. The first-order valence-corrected chi connectivity index (χ1v) is 11.5. The van der Waals surface area contributed by atoms with Crippen molar-refractivity contribution in [2.24, 2.45) is 0 Å². The largest absolute Gasteiger partial charge is 0.481 e. The molecular weight excluding hydrogens is 396 g/mol. The second-order valence-electron chi connectivity index (χ2n) is 8.04. The average Bonchev–Trinajstić information content (AvgIpc) is 3.20. The number of fused-ring (bicyclic) bond motifs is 1. The molecule has 0 aliphatic carbocycles. The van der Waals surface area contributed by atoms with Gasteiger partial charge in [-0.15, -0.1) is 11.8 Å². The van der Waals surface area contributed by atoms with Crippen LogP contribution in [0.5, 0.6) is 0 Å². The van der Waals surface area contributed by atoms with Crippen LogP contribution < -0.4 is 10.6 Å². The molecule has 4 rings (SSSR count). The Kier molecular flexibility index (Phi) is 6.57. The molecule has 30 heavy (non-hydrogen) atoms. The molecule has 2 aromatic heterocycles. The standard InChI is InChI=1S/C23H28N4O2S/c1-15-10-17(13-24-12-15)20(11-21(28)29)23-27-19(14-30-23)6-2-5-18-8-7-16-4-3-9-25-22(16)26-18/h7-8,10,12-14,20,23,27H,2-6,9,11H2,1H3,(H,25,26)(H,28,29). The highest BCUT2D eigenvalue weighted by molar-refractivity contribution is 8.03. The first-order valence-electron chi connectivity index (χ1n) is 10.6. The van der Waals surface area contributed by atoms with Crippen molar-refractivity contribution in [2.45, 2.75) is 56.7 Å². The summed E-state index contributed by atoms with van der Waals surface area (Å²) in [6.45, 7) is 2.99. The second-order valence-corrected chi connectivity index (χ2v) is 9.05. The topological polar surface area (TPSA) is 87.1 Å². The molecule has 0 bridgehead atoms. The number of nitrogens with one attached hydrogen (secondary N) is 2. The number of nitrogens with zero attached hydrogens (tertiary/aromatic N) is 2. The number of carboxylic acid groups (broad SMARTS) is 1. The maximum atomic E-state index is 11.5. The number of rotatable bonds is 8. The molecule has 0 aromatic carbocycles. The zero-order valence-electron chi connectivity index (χ0n) is 17.2. The zero-order chi connectivity index (χ0) is 20.9. The summed E-state index contributed by atoms with van der Waals surface area (Å²) in [6.07, 6.45) is 8.83. The first kappa shape index (κ1) is 20.7. The lowest BCUT2D eigenvalue weighted by atomic mass is 9.95. The molecule has 2 aromatic rings. The van der Waals surface area contributed by atoms with Gasteiger partial charge < -0.3 is 15.7 Å². The summed E-state index contributed by atoms with van der Waals surface area (Å²) in [7, 11) is 0. The highest BCUT2D eigenvalue weighted by Gasteiger charge is 2.29. The van der Waals surface area contributed by atoms with Gasteiger partial charge >= 0.3 is 5.97 Å². The maximum absolute atomic E-state index is 11.5. The number of pyridine rings is 2. The lowest BCUT2D eigenvalue weighted by Crippen LogP contribution is -2.29. The van der Waals surface area contributed by atoms with E-state index in [2.05, 4.69) is 33.2 Å². The molecule has 2 aliphatic heterocycles. The molecule has 4 heterocycles. The van der Waals surface area contributed by atoms with Crippen molar-refractivity contribution in [3.63, 3.8) is 0 Å². The molecule has 0 amide bonds. The van der Waals surface area contributed by atoms with Crippen LogP contribution in [0.3, 0.4) is 0 Å². The Hall–Kier alpha value is -2.54. The van der Waals surface area contributed by atoms with Crippen LogP contribution in [-0.2, 0) is 17.6 Å². The number of aliphatic carboxylic acids is 1. The molecule has 158 valence electrons. The summed E-state index contributed by atoms with van der Waals surface area (Å²) in [5.41, 5.74) is 5.64. The van der Waals surface area contributed by atoms with E-state index in [4.69, 9.17) is 4.98 Å². The van der Waals surface area contributed by atoms with E-state index in [9.17, 15) is 9.90 Å². The predicted octanol–water partition coefficient (Wildman–Crippen LogP) is 4.23. The lowest BCUT2D eigenvalue weighted by Gasteiger charge is -2.23. The molecule has 0 saturated carbocycles. The van der Waals surface area contributed by atoms with Gasteiger partial charge in [0.1, 0.15) is 5.82 Å². The average molecular weight is 425 g/mol. The van der Waals surface area contributed by atoms with E-state index in [1.54, 1.807) is 24.2 Å².